The Bertz CT molecular complexity index is 782. The second-order valence-electron chi connectivity index (χ2n) is 9.24. The molecule has 0 radical (unpaired) electrons. The molecule has 5 nitrogen and oxygen atoms in total. The van der Waals surface area contributed by atoms with Gasteiger partial charge in [0.1, 0.15) is 5.60 Å². The number of fused-ring (bicyclic) bond motifs is 1. The van der Waals surface area contributed by atoms with Crippen molar-refractivity contribution in [3.8, 4) is 0 Å². The fourth-order valence-electron chi connectivity index (χ4n) is 2.44. The molecule has 6 heteroatoms. The molecule has 0 saturated carbocycles. The van der Waals surface area contributed by atoms with E-state index in [4.69, 9.17) is 9.16 Å². The maximum atomic E-state index is 12.8. The zero-order valence-electron chi connectivity index (χ0n) is 17.3. The second-order valence-corrected chi connectivity index (χ2v) is 14.1. The average molecular weight is 377 g/mol. The molecule has 0 N–H and O–H groups in total. The van der Waals surface area contributed by atoms with Crippen LogP contribution in [0.25, 0.3) is 10.9 Å². The molecule has 0 aromatic carbocycles. The molecule has 0 bridgehead atoms. The maximum absolute atomic E-state index is 12.8. The summed E-state index contributed by atoms with van der Waals surface area (Å²) in [7, 11) is -1.82. The molecule has 26 heavy (non-hydrogen) atoms. The quantitative estimate of drug-likeness (QED) is 0.672. The minimum atomic E-state index is -1.82. The van der Waals surface area contributed by atoms with Gasteiger partial charge in [-0.2, -0.15) is 0 Å². The number of carbonyl (C=O) groups excluding carboxylic acids is 1. The smallest absolute Gasteiger partial charge is 0.419 e. The summed E-state index contributed by atoms with van der Waals surface area (Å²) in [5.74, 6) is 0. The van der Waals surface area contributed by atoms with Crippen LogP contribution in [-0.4, -0.2) is 36.2 Å². The van der Waals surface area contributed by atoms with Gasteiger partial charge >= 0.3 is 6.09 Å². The first-order chi connectivity index (χ1) is 11.8. The van der Waals surface area contributed by atoms with Crippen LogP contribution >= 0.6 is 0 Å². The molecule has 0 atom stereocenters. The Morgan fingerprint density at radius 3 is 2.42 bits per heavy atom. The summed E-state index contributed by atoms with van der Waals surface area (Å²) in [6, 6.07) is 3.93. The topological polar surface area (TPSA) is 53.4 Å². The van der Waals surface area contributed by atoms with Crippen molar-refractivity contribution < 1.29 is 14.0 Å². The average Bonchev–Trinajstić information content (AvgIpc) is 2.82. The van der Waals surface area contributed by atoms with Crippen LogP contribution in [0.2, 0.25) is 18.1 Å². The van der Waals surface area contributed by atoms with E-state index in [9.17, 15) is 4.79 Å². The largest absolute Gasteiger partial charge is 0.443 e. The van der Waals surface area contributed by atoms with Crippen molar-refractivity contribution in [2.45, 2.75) is 71.7 Å². The van der Waals surface area contributed by atoms with Gasteiger partial charge in [-0.1, -0.05) is 20.8 Å². The molecule has 144 valence electrons. The summed E-state index contributed by atoms with van der Waals surface area (Å²) in [6.45, 7) is 17.3. The predicted molar refractivity (Wildman–Crippen MR) is 108 cm³/mol. The van der Waals surface area contributed by atoms with Gasteiger partial charge in [-0.3, -0.25) is 4.98 Å². The van der Waals surface area contributed by atoms with Gasteiger partial charge in [0.2, 0.25) is 0 Å². The predicted octanol–water partition coefficient (Wildman–Crippen LogP) is 5.38. The van der Waals surface area contributed by atoms with E-state index < -0.39 is 13.9 Å². The van der Waals surface area contributed by atoms with Gasteiger partial charge in [0.15, 0.2) is 8.32 Å². The molecule has 0 amide bonds. The van der Waals surface area contributed by atoms with Gasteiger partial charge in [-0.25, -0.2) is 9.36 Å². The third-order valence-corrected chi connectivity index (χ3v) is 9.42. The molecule has 0 fully saturated rings. The first-order valence-corrected chi connectivity index (χ1v) is 12.0. The van der Waals surface area contributed by atoms with Gasteiger partial charge in [0.05, 0.1) is 11.7 Å². The van der Waals surface area contributed by atoms with Crippen molar-refractivity contribution in [2.24, 2.45) is 0 Å². The highest BCUT2D eigenvalue weighted by atomic mass is 28.4. The lowest BCUT2D eigenvalue weighted by Gasteiger charge is -2.36. The zero-order valence-corrected chi connectivity index (χ0v) is 18.3. The van der Waals surface area contributed by atoms with Crippen molar-refractivity contribution in [1.29, 1.82) is 0 Å². The van der Waals surface area contributed by atoms with Crippen LogP contribution in [0.1, 0.15) is 47.2 Å². The number of pyridine rings is 1. The Morgan fingerprint density at radius 2 is 1.85 bits per heavy atom. The molecule has 0 spiro atoms. The molecule has 2 aromatic rings. The molecular formula is C20H32N2O3Si. The van der Waals surface area contributed by atoms with Crippen LogP contribution in [0.5, 0.6) is 0 Å². The van der Waals surface area contributed by atoms with Gasteiger partial charge in [-0.15, -0.1) is 0 Å². The molecule has 0 aliphatic rings. The van der Waals surface area contributed by atoms with Gasteiger partial charge in [-0.05, 0) is 51.0 Å². The van der Waals surface area contributed by atoms with E-state index >= 15 is 0 Å². The van der Waals surface area contributed by atoms with E-state index in [0.29, 0.717) is 13.0 Å². The molecule has 2 aromatic heterocycles. The highest BCUT2D eigenvalue weighted by molar-refractivity contribution is 6.74. The number of hydrogen-bond donors (Lipinski definition) is 0. The standard InChI is InChI=1S/C20H32N2O3Si/c1-19(2,3)25-18(23)22-16(13-15-9-11-21-14-17(15)22)10-12-24-26(7,8)20(4,5)6/h9,11,13-14H,10,12H2,1-8H3. The number of aromatic nitrogens is 2. The van der Waals surface area contributed by atoms with Crippen molar-refractivity contribution in [1.82, 2.24) is 9.55 Å². The van der Waals surface area contributed by atoms with E-state index in [1.54, 1.807) is 17.0 Å². The van der Waals surface area contributed by atoms with Crippen molar-refractivity contribution in [2.75, 3.05) is 6.61 Å². The van der Waals surface area contributed by atoms with E-state index in [1.165, 1.54) is 0 Å². The minimum absolute atomic E-state index is 0.162. The van der Waals surface area contributed by atoms with Crippen molar-refractivity contribution in [3.05, 3.63) is 30.2 Å². The van der Waals surface area contributed by atoms with Gasteiger partial charge in [0.25, 0.3) is 0 Å². The number of carbonyl (C=O) groups is 1. The lowest BCUT2D eigenvalue weighted by molar-refractivity contribution is 0.0539. The summed E-state index contributed by atoms with van der Waals surface area (Å²) >= 11 is 0. The first-order valence-electron chi connectivity index (χ1n) is 9.13. The SMILES string of the molecule is CC(C)(C)OC(=O)n1c(CCO[Si](C)(C)C(C)(C)C)cc2ccncc21. The highest BCUT2D eigenvalue weighted by Crippen LogP contribution is 2.36. The number of rotatable bonds is 4. The Morgan fingerprint density at radius 1 is 1.19 bits per heavy atom. The fraction of sp³-hybridized carbons (Fsp3) is 0.600. The normalized spacial score (nSPS) is 13.2. The van der Waals surface area contributed by atoms with Crippen LogP contribution in [-0.2, 0) is 15.6 Å². The second kappa shape index (κ2) is 7.16. The van der Waals surface area contributed by atoms with Crippen LogP contribution in [0.4, 0.5) is 4.79 Å². The first kappa shape index (κ1) is 20.6. The number of nitrogens with zero attached hydrogens (tertiary/aromatic N) is 2. The molecule has 0 saturated heterocycles. The summed E-state index contributed by atoms with van der Waals surface area (Å²) in [4.78, 5) is 16.9. The van der Waals surface area contributed by atoms with Crippen molar-refractivity contribution >= 4 is 25.3 Å². The Labute approximate surface area is 157 Å². The fourth-order valence-corrected chi connectivity index (χ4v) is 3.48. The maximum Gasteiger partial charge on any atom is 0.419 e. The van der Waals surface area contributed by atoms with Gasteiger partial charge in [0, 0.05) is 30.3 Å². The van der Waals surface area contributed by atoms with E-state index in [2.05, 4.69) is 38.8 Å². The third kappa shape index (κ3) is 4.74. The zero-order chi connectivity index (χ0) is 19.8. The number of ether oxygens (including phenoxy) is 1. The van der Waals surface area contributed by atoms with Crippen LogP contribution < -0.4 is 0 Å². The highest BCUT2D eigenvalue weighted by Gasteiger charge is 2.37. The summed E-state index contributed by atoms with van der Waals surface area (Å²) < 4.78 is 13.5. The lowest BCUT2D eigenvalue weighted by Crippen LogP contribution is -2.41. The Hall–Kier alpha value is -1.66. The van der Waals surface area contributed by atoms with Gasteiger partial charge < -0.3 is 9.16 Å². The monoisotopic (exact) mass is 376 g/mol. The summed E-state index contributed by atoms with van der Waals surface area (Å²) in [5, 5.41) is 1.14. The molecule has 0 aliphatic heterocycles. The van der Waals surface area contributed by atoms with Crippen LogP contribution in [0.15, 0.2) is 24.5 Å². The molecule has 2 heterocycles. The van der Waals surface area contributed by atoms with E-state index in [0.717, 1.165) is 16.6 Å². The molecule has 2 rings (SSSR count). The van der Waals surface area contributed by atoms with Crippen LogP contribution in [0.3, 0.4) is 0 Å². The lowest BCUT2D eigenvalue weighted by atomic mass is 10.2. The minimum Gasteiger partial charge on any atom is -0.443 e. The molecule has 0 unspecified atom stereocenters. The molecule has 0 aliphatic carbocycles. The number of hydrogen-bond acceptors (Lipinski definition) is 4. The Kier molecular flexibility index (Phi) is 5.68. The summed E-state index contributed by atoms with van der Waals surface area (Å²) in [5.41, 5.74) is 1.11. The van der Waals surface area contributed by atoms with Crippen molar-refractivity contribution in [3.63, 3.8) is 0 Å². The summed E-state index contributed by atoms with van der Waals surface area (Å²) in [6.07, 6.45) is 3.72. The third-order valence-electron chi connectivity index (χ3n) is 4.89. The molecular weight excluding hydrogens is 344 g/mol. The van der Waals surface area contributed by atoms with Crippen LogP contribution in [0, 0.1) is 0 Å². The van der Waals surface area contributed by atoms with E-state index in [1.807, 2.05) is 32.9 Å². The van der Waals surface area contributed by atoms with E-state index in [-0.39, 0.29) is 11.1 Å². The Balaban J connectivity index is 2.27.